The lowest BCUT2D eigenvalue weighted by Gasteiger charge is -2.27. The van der Waals surface area contributed by atoms with Gasteiger partial charge in [-0.2, -0.15) is 0 Å². The lowest BCUT2D eigenvalue weighted by atomic mass is 9.98. The summed E-state index contributed by atoms with van der Waals surface area (Å²) in [4.78, 5) is 32.4. The molecule has 2 aromatic carbocycles. The van der Waals surface area contributed by atoms with Gasteiger partial charge in [-0.1, -0.05) is 54.6 Å². The van der Waals surface area contributed by atoms with E-state index < -0.39 is 5.66 Å². The lowest BCUT2D eigenvalue weighted by molar-refractivity contribution is -0.130. The minimum atomic E-state index is -1.37. The fraction of sp³-hybridized carbons (Fsp3) is 0.136. The molecule has 1 atom stereocenters. The highest BCUT2D eigenvalue weighted by Gasteiger charge is 2.49. The lowest BCUT2D eigenvalue weighted by Crippen LogP contribution is -2.55. The highest BCUT2D eigenvalue weighted by Crippen LogP contribution is 2.30. The van der Waals surface area contributed by atoms with Gasteiger partial charge >= 0.3 is 0 Å². The third-order valence-corrected chi connectivity index (χ3v) is 4.69. The molecule has 1 N–H and O–H groups in total. The van der Waals surface area contributed by atoms with Gasteiger partial charge in [-0.05, 0) is 36.3 Å². The number of fused-ring (bicyclic) bond motifs is 1. The first kappa shape index (κ1) is 17.0. The zero-order chi connectivity index (χ0) is 18.9. The molecular weight excluding hydrogens is 338 g/mol. The van der Waals surface area contributed by atoms with Crippen molar-refractivity contribution in [2.45, 2.75) is 19.0 Å². The number of rotatable bonds is 4. The molecule has 0 fully saturated rings. The second kappa shape index (κ2) is 6.68. The number of benzene rings is 2. The first-order chi connectivity index (χ1) is 13.1. The van der Waals surface area contributed by atoms with Crippen LogP contribution in [0.2, 0.25) is 0 Å². The summed E-state index contributed by atoms with van der Waals surface area (Å²) >= 11 is 0. The summed E-state index contributed by atoms with van der Waals surface area (Å²) in [7, 11) is 0. The fourth-order valence-electron chi connectivity index (χ4n) is 3.32. The van der Waals surface area contributed by atoms with E-state index in [-0.39, 0.29) is 18.2 Å². The number of amidine groups is 1. The van der Waals surface area contributed by atoms with Crippen molar-refractivity contribution in [1.29, 1.82) is 0 Å². The van der Waals surface area contributed by atoms with Crippen LogP contribution in [-0.4, -0.2) is 28.2 Å². The third kappa shape index (κ3) is 3.08. The first-order valence-electron chi connectivity index (χ1n) is 8.79. The summed E-state index contributed by atoms with van der Waals surface area (Å²) in [6.07, 6.45) is 5.69. The van der Waals surface area contributed by atoms with E-state index in [1.54, 1.807) is 30.5 Å². The predicted molar refractivity (Wildman–Crippen MR) is 104 cm³/mol. The van der Waals surface area contributed by atoms with Crippen LogP contribution in [0.4, 0.5) is 0 Å². The zero-order valence-electron chi connectivity index (χ0n) is 14.9. The molecule has 0 spiro atoms. The van der Waals surface area contributed by atoms with Crippen LogP contribution < -0.4 is 5.32 Å². The van der Waals surface area contributed by atoms with Crippen LogP contribution in [0.25, 0.3) is 0 Å². The highest BCUT2D eigenvalue weighted by molar-refractivity contribution is 6.17. The van der Waals surface area contributed by atoms with Crippen molar-refractivity contribution in [1.82, 2.24) is 10.2 Å². The number of hydrogen-bond acceptors (Lipinski definition) is 3. The Kier molecular flexibility index (Phi) is 4.20. The molecule has 4 rings (SSSR count). The van der Waals surface area contributed by atoms with Crippen LogP contribution in [0.1, 0.15) is 22.8 Å². The molecule has 0 saturated carbocycles. The van der Waals surface area contributed by atoms with Gasteiger partial charge in [0, 0.05) is 18.2 Å². The zero-order valence-corrected chi connectivity index (χ0v) is 14.9. The molecule has 2 amide bonds. The van der Waals surface area contributed by atoms with E-state index in [4.69, 9.17) is 4.99 Å². The molecule has 134 valence electrons. The Bertz CT molecular complexity index is 977. The summed E-state index contributed by atoms with van der Waals surface area (Å²) in [5, 5.41) is 2.91. The smallest absolute Gasteiger partial charge is 0.281 e. The van der Waals surface area contributed by atoms with Crippen molar-refractivity contribution in [3.05, 3.63) is 95.7 Å². The minimum Gasteiger partial charge on any atom is -0.320 e. The minimum absolute atomic E-state index is 0.255. The maximum Gasteiger partial charge on any atom is 0.281 e. The molecule has 2 aromatic rings. The second-order valence-corrected chi connectivity index (χ2v) is 6.64. The molecule has 5 nitrogen and oxygen atoms in total. The van der Waals surface area contributed by atoms with Gasteiger partial charge in [0.1, 0.15) is 5.84 Å². The molecule has 0 saturated heterocycles. The molecule has 0 bridgehead atoms. The standard InChI is InChI=1S/C22H19N3O2/c1-16-9-8-14-25-19(16)23-22(21(25)27,15-17-10-4-2-5-11-17)24-20(26)18-12-6-3-7-13-18/h2-14H,15H2,1H3,(H,24,26). The van der Waals surface area contributed by atoms with E-state index in [1.807, 2.05) is 55.5 Å². The van der Waals surface area contributed by atoms with Gasteiger partial charge in [0.25, 0.3) is 11.8 Å². The van der Waals surface area contributed by atoms with Gasteiger partial charge in [0.15, 0.2) is 0 Å². The molecule has 27 heavy (non-hydrogen) atoms. The Labute approximate surface area is 157 Å². The Balaban J connectivity index is 1.75. The van der Waals surface area contributed by atoms with Crippen molar-refractivity contribution in [3.8, 4) is 0 Å². The maximum atomic E-state index is 13.3. The number of amides is 2. The van der Waals surface area contributed by atoms with E-state index in [1.165, 1.54) is 4.90 Å². The number of carbonyl (C=O) groups is 2. The molecule has 2 aliphatic heterocycles. The van der Waals surface area contributed by atoms with E-state index in [2.05, 4.69) is 5.32 Å². The van der Waals surface area contributed by atoms with Crippen molar-refractivity contribution in [3.63, 3.8) is 0 Å². The Morgan fingerprint density at radius 1 is 1.07 bits per heavy atom. The number of nitrogens with zero attached hydrogens (tertiary/aromatic N) is 2. The van der Waals surface area contributed by atoms with Gasteiger partial charge in [-0.25, -0.2) is 4.99 Å². The number of carbonyl (C=O) groups excluding carboxylic acids is 2. The Morgan fingerprint density at radius 2 is 1.74 bits per heavy atom. The highest BCUT2D eigenvalue weighted by atomic mass is 16.2. The summed E-state index contributed by atoms with van der Waals surface area (Å²) < 4.78 is 0. The monoisotopic (exact) mass is 357 g/mol. The van der Waals surface area contributed by atoms with Crippen LogP contribution in [0.15, 0.2) is 89.6 Å². The SMILES string of the molecule is CC1=CC=CN2C(=O)C(Cc3ccccc3)(NC(=O)c3ccccc3)N=C12. The van der Waals surface area contributed by atoms with Gasteiger partial charge in [-0.15, -0.1) is 0 Å². The predicted octanol–water partition coefficient (Wildman–Crippen LogP) is 3.07. The van der Waals surface area contributed by atoms with E-state index in [9.17, 15) is 9.59 Å². The topological polar surface area (TPSA) is 61.8 Å². The summed E-state index contributed by atoms with van der Waals surface area (Å²) in [6, 6.07) is 18.5. The summed E-state index contributed by atoms with van der Waals surface area (Å²) in [5.74, 6) is -0.00387. The fourth-order valence-corrected chi connectivity index (χ4v) is 3.32. The van der Waals surface area contributed by atoms with E-state index in [0.717, 1.165) is 11.1 Å². The van der Waals surface area contributed by atoms with Gasteiger partial charge in [0.2, 0.25) is 5.66 Å². The van der Waals surface area contributed by atoms with Gasteiger partial charge < -0.3 is 5.32 Å². The molecule has 1 unspecified atom stereocenters. The quantitative estimate of drug-likeness (QED) is 0.914. The van der Waals surface area contributed by atoms with Crippen molar-refractivity contribution >= 4 is 17.6 Å². The molecule has 0 aliphatic carbocycles. The third-order valence-electron chi connectivity index (χ3n) is 4.69. The summed E-state index contributed by atoms with van der Waals surface area (Å²) in [6.45, 7) is 1.90. The number of nitrogens with one attached hydrogen (secondary N) is 1. The summed E-state index contributed by atoms with van der Waals surface area (Å²) in [5.41, 5.74) is 0.933. The van der Waals surface area contributed by atoms with Crippen molar-refractivity contribution in [2.24, 2.45) is 4.99 Å². The Hall–Kier alpha value is -3.47. The molecular formula is C22H19N3O2. The van der Waals surface area contributed by atoms with E-state index >= 15 is 0 Å². The normalized spacial score (nSPS) is 20.8. The van der Waals surface area contributed by atoms with E-state index in [0.29, 0.717) is 11.4 Å². The van der Waals surface area contributed by atoms with Crippen LogP contribution in [-0.2, 0) is 11.2 Å². The molecule has 5 heteroatoms. The van der Waals surface area contributed by atoms with Crippen molar-refractivity contribution in [2.75, 3.05) is 0 Å². The molecule has 0 radical (unpaired) electrons. The first-order valence-corrected chi connectivity index (χ1v) is 8.79. The number of allylic oxidation sites excluding steroid dienone is 2. The van der Waals surface area contributed by atoms with Crippen LogP contribution >= 0.6 is 0 Å². The van der Waals surface area contributed by atoms with Gasteiger partial charge in [0.05, 0.1) is 0 Å². The van der Waals surface area contributed by atoms with Crippen LogP contribution in [0, 0.1) is 0 Å². The van der Waals surface area contributed by atoms with Crippen LogP contribution in [0.3, 0.4) is 0 Å². The molecule has 2 heterocycles. The molecule has 0 aromatic heterocycles. The Morgan fingerprint density at radius 3 is 2.41 bits per heavy atom. The maximum absolute atomic E-state index is 13.3. The number of aliphatic imine (C=N–C) groups is 1. The second-order valence-electron chi connectivity index (χ2n) is 6.64. The number of hydrogen-bond donors (Lipinski definition) is 1. The molecule has 2 aliphatic rings. The largest absolute Gasteiger partial charge is 0.320 e. The van der Waals surface area contributed by atoms with Gasteiger partial charge in [-0.3, -0.25) is 14.5 Å². The van der Waals surface area contributed by atoms with Crippen molar-refractivity contribution < 1.29 is 9.59 Å². The van der Waals surface area contributed by atoms with Crippen LogP contribution in [0.5, 0.6) is 0 Å². The average molecular weight is 357 g/mol. The average Bonchev–Trinajstić information content (AvgIpc) is 2.97.